The van der Waals surface area contributed by atoms with E-state index >= 15 is 0 Å². The van der Waals surface area contributed by atoms with Crippen molar-refractivity contribution in [1.29, 1.82) is 0 Å². The highest BCUT2D eigenvalue weighted by atomic mass is 35.5. The molecule has 7 heteroatoms. The number of benzene rings is 3. The Hall–Kier alpha value is -3.38. The van der Waals surface area contributed by atoms with Crippen LogP contribution in [0.2, 0.25) is 5.02 Å². The van der Waals surface area contributed by atoms with E-state index in [2.05, 4.69) is 0 Å². The molecule has 0 fully saturated rings. The molecule has 0 aromatic heterocycles. The second kappa shape index (κ2) is 5.57. The molecule has 2 amide bonds. The molecule has 3 aromatic rings. The van der Waals surface area contributed by atoms with Gasteiger partial charge in [0.05, 0.1) is 11.3 Å². The highest BCUT2D eigenvalue weighted by Gasteiger charge is 2.34. The Morgan fingerprint density at radius 2 is 1.69 bits per heavy atom. The van der Waals surface area contributed by atoms with Crippen LogP contribution in [0.25, 0.3) is 10.8 Å². The van der Waals surface area contributed by atoms with Crippen molar-refractivity contribution in [3.63, 3.8) is 0 Å². The lowest BCUT2D eigenvalue weighted by molar-refractivity contribution is -0.268. The highest BCUT2D eigenvalue weighted by molar-refractivity contribution is 6.41. The molecule has 1 aliphatic rings. The van der Waals surface area contributed by atoms with E-state index in [1.54, 1.807) is 24.3 Å². The first-order chi connectivity index (χ1) is 12.4. The van der Waals surface area contributed by atoms with E-state index in [9.17, 15) is 19.5 Å². The van der Waals surface area contributed by atoms with Gasteiger partial charge in [-0.1, -0.05) is 35.5 Å². The Morgan fingerprint density at radius 3 is 2.38 bits per heavy atom. The lowest BCUT2D eigenvalue weighted by atomic mass is 9.93. The van der Waals surface area contributed by atoms with E-state index in [-0.39, 0.29) is 16.8 Å². The van der Waals surface area contributed by atoms with Crippen LogP contribution in [0.3, 0.4) is 0 Å². The summed E-state index contributed by atoms with van der Waals surface area (Å²) in [6.45, 7) is 0. The Morgan fingerprint density at radius 1 is 1.00 bits per heavy atom. The number of aromatic carboxylic acids is 1. The predicted molar refractivity (Wildman–Crippen MR) is 92.9 cm³/mol. The number of imide groups is 1. The normalized spacial score (nSPS) is 13.3. The number of carbonyl (C=O) groups is 3. The molecule has 0 unspecified atom stereocenters. The van der Waals surface area contributed by atoms with Crippen LogP contribution in [0.1, 0.15) is 31.1 Å². The Kier molecular flexibility index (Phi) is 3.45. The van der Waals surface area contributed by atoms with E-state index < -0.39 is 29.1 Å². The molecule has 128 valence electrons. The third kappa shape index (κ3) is 2.16. The second-order valence-electron chi connectivity index (χ2n) is 5.75. The van der Waals surface area contributed by atoms with E-state index in [0.29, 0.717) is 15.8 Å². The molecule has 0 saturated carbocycles. The van der Waals surface area contributed by atoms with Crippen LogP contribution >= 0.6 is 11.6 Å². The summed E-state index contributed by atoms with van der Waals surface area (Å²) in [6.07, 6.45) is 0. The summed E-state index contributed by atoms with van der Waals surface area (Å²) in [7, 11) is 0. The molecule has 0 radical (unpaired) electrons. The maximum atomic E-state index is 12.9. The zero-order valence-electron chi connectivity index (χ0n) is 13.0. The van der Waals surface area contributed by atoms with Crippen LogP contribution in [0.5, 0.6) is 5.75 Å². The van der Waals surface area contributed by atoms with Gasteiger partial charge >= 0.3 is 5.97 Å². The van der Waals surface area contributed by atoms with Crippen LogP contribution in [-0.2, 0) is 0 Å². The lowest BCUT2D eigenvalue weighted by Crippen LogP contribution is -2.40. The highest BCUT2D eigenvalue weighted by Crippen LogP contribution is 2.36. The Labute approximate surface area is 151 Å². The largest absolute Gasteiger partial charge is 0.872 e. The smallest absolute Gasteiger partial charge is 0.335 e. The molecule has 1 aliphatic heterocycles. The first-order valence-electron chi connectivity index (χ1n) is 7.54. The minimum atomic E-state index is -1.43. The van der Waals surface area contributed by atoms with Gasteiger partial charge in [0, 0.05) is 26.9 Å². The van der Waals surface area contributed by atoms with E-state index in [4.69, 9.17) is 16.7 Å². The van der Waals surface area contributed by atoms with Crippen molar-refractivity contribution >= 4 is 45.8 Å². The van der Waals surface area contributed by atoms with Gasteiger partial charge in [0.2, 0.25) is 0 Å². The molecule has 1 heterocycles. The molecule has 0 spiro atoms. The number of carboxylic acids is 1. The number of nitrogens with zero attached hydrogens (tertiary/aromatic N) is 1. The fourth-order valence-electron chi connectivity index (χ4n) is 3.12. The van der Waals surface area contributed by atoms with Crippen molar-refractivity contribution < 1.29 is 24.6 Å². The van der Waals surface area contributed by atoms with Crippen molar-refractivity contribution in [2.45, 2.75) is 0 Å². The minimum Gasteiger partial charge on any atom is -0.872 e. The molecule has 6 nitrogen and oxygen atoms in total. The van der Waals surface area contributed by atoms with Crippen molar-refractivity contribution in [2.75, 3.05) is 4.90 Å². The second-order valence-corrected chi connectivity index (χ2v) is 6.16. The first-order valence-corrected chi connectivity index (χ1v) is 7.92. The predicted octanol–water partition coefficient (Wildman–Crippen LogP) is 3.07. The van der Waals surface area contributed by atoms with Crippen molar-refractivity contribution in [2.24, 2.45) is 0 Å². The maximum absolute atomic E-state index is 12.9. The van der Waals surface area contributed by atoms with Gasteiger partial charge in [-0.3, -0.25) is 9.59 Å². The molecular weight excluding hydrogens is 358 g/mol. The third-order valence-electron chi connectivity index (χ3n) is 4.31. The molecule has 3 aromatic carbocycles. The van der Waals surface area contributed by atoms with Crippen LogP contribution < -0.4 is 10.0 Å². The lowest BCUT2D eigenvalue weighted by Gasteiger charge is -2.28. The number of carboxylic acid groups (broad SMARTS) is 1. The molecule has 0 bridgehead atoms. The van der Waals surface area contributed by atoms with E-state index in [0.717, 1.165) is 17.0 Å². The molecule has 0 atom stereocenters. The van der Waals surface area contributed by atoms with Crippen LogP contribution in [-0.4, -0.2) is 22.9 Å². The molecule has 4 rings (SSSR count). The van der Waals surface area contributed by atoms with E-state index in [1.165, 1.54) is 12.1 Å². The number of hydrogen-bond donors (Lipinski definition) is 1. The summed E-state index contributed by atoms with van der Waals surface area (Å²) in [4.78, 5) is 37.9. The van der Waals surface area contributed by atoms with Crippen LogP contribution in [0.15, 0.2) is 48.5 Å². The quantitative estimate of drug-likeness (QED) is 0.703. The maximum Gasteiger partial charge on any atom is 0.335 e. The van der Waals surface area contributed by atoms with Gasteiger partial charge in [-0.05, 0) is 30.3 Å². The zero-order chi connectivity index (χ0) is 18.6. The zero-order valence-corrected chi connectivity index (χ0v) is 13.8. The van der Waals surface area contributed by atoms with Gasteiger partial charge in [-0.15, -0.1) is 0 Å². The monoisotopic (exact) mass is 366 g/mol. The Balaban J connectivity index is 1.96. The standard InChI is InChI=1S/C19H10ClNO5/c20-14-6-5-12-16-10(14)2-1-3-11(16)17(23)21(18(12)24)9-4-7-15(22)13(8-9)19(25)26/h1-8,22H,(H,25,26)/p-1. The number of halogens is 1. The van der Waals surface area contributed by atoms with Gasteiger partial charge in [0.1, 0.15) is 0 Å². The Bertz CT molecular complexity index is 1120. The average Bonchev–Trinajstić information content (AvgIpc) is 2.62. The average molecular weight is 367 g/mol. The van der Waals surface area contributed by atoms with Gasteiger partial charge in [-0.25, -0.2) is 9.69 Å². The summed E-state index contributed by atoms with van der Waals surface area (Å²) >= 11 is 6.17. The number of amides is 2. The number of rotatable bonds is 2. The number of hydrogen-bond acceptors (Lipinski definition) is 4. The third-order valence-corrected chi connectivity index (χ3v) is 4.64. The molecular formula is C19H9ClNO5-. The summed E-state index contributed by atoms with van der Waals surface area (Å²) in [5.41, 5.74) is 0.0724. The molecule has 26 heavy (non-hydrogen) atoms. The number of carbonyl (C=O) groups excluding carboxylic acids is 2. The SMILES string of the molecule is O=C(O)c1cc(N2C(=O)c3cccc4c(Cl)ccc(c34)C2=O)ccc1[O-]. The summed E-state index contributed by atoms with van der Waals surface area (Å²) in [5.74, 6) is -3.34. The number of anilines is 1. The summed E-state index contributed by atoms with van der Waals surface area (Å²) in [6, 6.07) is 11.3. The molecule has 0 aliphatic carbocycles. The van der Waals surface area contributed by atoms with E-state index in [1.807, 2.05) is 0 Å². The van der Waals surface area contributed by atoms with Gasteiger partial charge < -0.3 is 10.2 Å². The molecule has 1 N–H and O–H groups in total. The fraction of sp³-hybridized carbons (Fsp3) is 0. The topological polar surface area (TPSA) is 97.7 Å². The van der Waals surface area contributed by atoms with Crippen molar-refractivity contribution in [3.05, 3.63) is 70.2 Å². The van der Waals surface area contributed by atoms with Gasteiger partial charge in [0.15, 0.2) is 0 Å². The van der Waals surface area contributed by atoms with Crippen LogP contribution in [0.4, 0.5) is 5.69 Å². The van der Waals surface area contributed by atoms with Gasteiger partial charge in [0.25, 0.3) is 11.8 Å². The minimum absolute atomic E-state index is 0.0228. The summed E-state index contributed by atoms with van der Waals surface area (Å²) < 4.78 is 0. The van der Waals surface area contributed by atoms with Crippen molar-refractivity contribution in [1.82, 2.24) is 0 Å². The fourth-order valence-corrected chi connectivity index (χ4v) is 3.34. The summed E-state index contributed by atoms with van der Waals surface area (Å²) in [5, 5.41) is 22.3. The molecule has 0 saturated heterocycles. The van der Waals surface area contributed by atoms with Crippen LogP contribution in [0, 0.1) is 0 Å². The first kappa shape index (κ1) is 16.1. The van der Waals surface area contributed by atoms with Crippen molar-refractivity contribution in [3.8, 4) is 5.75 Å². The van der Waals surface area contributed by atoms with Gasteiger partial charge in [-0.2, -0.15) is 0 Å².